The number of alkyl halides is 3. The van der Waals surface area contributed by atoms with Crippen molar-refractivity contribution in [2.45, 2.75) is 12.7 Å². The van der Waals surface area contributed by atoms with E-state index < -0.39 is 11.7 Å². The number of hydrogen-bond donors (Lipinski definition) is 1. The minimum atomic E-state index is -4.45. The number of halogens is 3. The summed E-state index contributed by atoms with van der Waals surface area (Å²) in [5.74, 6) is 0.379. The summed E-state index contributed by atoms with van der Waals surface area (Å²) < 4.78 is 39.0. The molecule has 7 nitrogen and oxygen atoms in total. The molecule has 0 fully saturated rings. The van der Waals surface area contributed by atoms with Crippen LogP contribution < -0.4 is 5.56 Å². The summed E-state index contributed by atoms with van der Waals surface area (Å²) in [7, 11) is 0. The van der Waals surface area contributed by atoms with Crippen LogP contribution in [0.1, 0.15) is 11.4 Å². The fourth-order valence-corrected chi connectivity index (χ4v) is 3.12. The van der Waals surface area contributed by atoms with Gasteiger partial charge in [-0.15, -0.1) is 21.5 Å². The molecule has 3 heterocycles. The van der Waals surface area contributed by atoms with Crippen molar-refractivity contribution >= 4 is 21.6 Å². The third kappa shape index (κ3) is 3.08. The molecule has 132 valence electrons. The Morgan fingerprint density at radius 1 is 1.23 bits per heavy atom. The summed E-state index contributed by atoms with van der Waals surface area (Å²) >= 11 is 1.29. The van der Waals surface area contributed by atoms with Crippen LogP contribution >= 0.6 is 11.3 Å². The van der Waals surface area contributed by atoms with Crippen molar-refractivity contribution in [1.82, 2.24) is 30.2 Å². The molecule has 11 heteroatoms. The summed E-state index contributed by atoms with van der Waals surface area (Å²) in [5.41, 5.74) is -0.300. The molecule has 0 aliphatic heterocycles. The first-order chi connectivity index (χ1) is 12.4. The van der Waals surface area contributed by atoms with Crippen LogP contribution in [0.25, 0.3) is 21.6 Å². The average molecular weight is 378 g/mol. The van der Waals surface area contributed by atoms with Gasteiger partial charge in [0.05, 0.1) is 11.1 Å². The number of nitrogens with one attached hydrogen (secondary N) is 1. The van der Waals surface area contributed by atoms with E-state index in [1.54, 1.807) is 11.4 Å². The van der Waals surface area contributed by atoms with Crippen molar-refractivity contribution in [3.05, 3.63) is 57.5 Å². The highest BCUT2D eigenvalue weighted by Crippen LogP contribution is 2.31. The van der Waals surface area contributed by atoms with E-state index in [0.717, 1.165) is 16.9 Å². The highest BCUT2D eigenvalue weighted by Gasteiger charge is 2.30. The molecule has 3 aromatic heterocycles. The molecule has 0 saturated carbocycles. The van der Waals surface area contributed by atoms with E-state index >= 15 is 0 Å². The van der Waals surface area contributed by atoms with Crippen LogP contribution in [0, 0.1) is 0 Å². The first-order valence-corrected chi connectivity index (χ1v) is 8.20. The molecule has 26 heavy (non-hydrogen) atoms. The van der Waals surface area contributed by atoms with E-state index in [4.69, 9.17) is 0 Å². The standard InChI is InChI=1S/C15H9F3N6OS/c16-15(17,18)9-3-1-2-8(6-9)13-21-23-24(22-13)7-11-19-10-4-5-26-12(10)14(25)20-11/h1-6H,7H2,(H,19,20,25). The molecule has 0 spiro atoms. The Kier molecular flexibility index (Phi) is 3.80. The molecule has 0 radical (unpaired) electrons. The Bertz CT molecular complexity index is 1150. The van der Waals surface area contributed by atoms with Crippen LogP contribution in [0.2, 0.25) is 0 Å². The Balaban J connectivity index is 1.63. The fraction of sp³-hybridized carbons (Fsp3) is 0.133. The molecular weight excluding hydrogens is 369 g/mol. The zero-order valence-electron chi connectivity index (χ0n) is 12.9. The predicted octanol–water partition coefficient (Wildman–Crippen LogP) is 2.71. The second-order valence-corrected chi connectivity index (χ2v) is 6.29. The normalized spacial score (nSPS) is 12.0. The third-order valence-electron chi connectivity index (χ3n) is 3.56. The number of benzene rings is 1. The van der Waals surface area contributed by atoms with E-state index in [2.05, 4.69) is 25.4 Å². The largest absolute Gasteiger partial charge is 0.416 e. The lowest BCUT2D eigenvalue weighted by Crippen LogP contribution is -2.14. The van der Waals surface area contributed by atoms with Crippen molar-refractivity contribution in [2.75, 3.05) is 0 Å². The number of tetrazole rings is 1. The summed E-state index contributed by atoms with van der Waals surface area (Å²) in [6.45, 7) is 0.0347. The van der Waals surface area contributed by atoms with Crippen molar-refractivity contribution in [1.29, 1.82) is 0 Å². The van der Waals surface area contributed by atoms with Gasteiger partial charge in [-0.3, -0.25) is 4.79 Å². The van der Waals surface area contributed by atoms with E-state index in [1.807, 2.05) is 0 Å². The second-order valence-electron chi connectivity index (χ2n) is 5.37. The zero-order chi connectivity index (χ0) is 18.3. The molecule has 0 unspecified atom stereocenters. The average Bonchev–Trinajstić information content (AvgIpc) is 3.24. The summed E-state index contributed by atoms with van der Waals surface area (Å²) in [5, 5.41) is 13.4. The van der Waals surface area contributed by atoms with Crippen LogP contribution in [0.15, 0.2) is 40.5 Å². The Labute approximate surface area is 147 Å². The minimum Gasteiger partial charge on any atom is -0.308 e. The molecule has 1 aromatic carbocycles. The number of hydrogen-bond acceptors (Lipinski definition) is 6. The molecule has 4 rings (SSSR count). The Morgan fingerprint density at radius 3 is 2.88 bits per heavy atom. The maximum atomic E-state index is 12.8. The molecular formula is C15H9F3N6OS. The van der Waals surface area contributed by atoms with Gasteiger partial charge in [-0.25, -0.2) is 4.98 Å². The van der Waals surface area contributed by atoms with Gasteiger partial charge in [0.2, 0.25) is 5.82 Å². The van der Waals surface area contributed by atoms with Crippen LogP contribution in [0.3, 0.4) is 0 Å². The molecule has 0 aliphatic rings. The predicted molar refractivity (Wildman–Crippen MR) is 87.6 cm³/mol. The Morgan fingerprint density at radius 2 is 2.08 bits per heavy atom. The van der Waals surface area contributed by atoms with Crippen LogP contribution in [-0.4, -0.2) is 30.2 Å². The summed E-state index contributed by atoms with van der Waals surface area (Å²) in [6, 6.07) is 6.40. The third-order valence-corrected chi connectivity index (χ3v) is 4.46. The van der Waals surface area contributed by atoms with Gasteiger partial charge in [0, 0.05) is 5.56 Å². The van der Waals surface area contributed by atoms with E-state index in [9.17, 15) is 18.0 Å². The lowest BCUT2D eigenvalue weighted by Gasteiger charge is -2.06. The molecule has 0 bridgehead atoms. The summed E-state index contributed by atoms with van der Waals surface area (Å²) in [6.07, 6.45) is -4.45. The van der Waals surface area contributed by atoms with Gasteiger partial charge in [0.25, 0.3) is 5.56 Å². The topological polar surface area (TPSA) is 89.4 Å². The highest BCUT2D eigenvalue weighted by atomic mass is 32.1. The lowest BCUT2D eigenvalue weighted by molar-refractivity contribution is -0.137. The quantitative estimate of drug-likeness (QED) is 0.592. The molecule has 4 aromatic rings. The van der Waals surface area contributed by atoms with Gasteiger partial charge in [-0.05, 0) is 28.8 Å². The number of aromatic amines is 1. The number of fused-ring (bicyclic) bond motifs is 1. The van der Waals surface area contributed by atoms with Crippen molar-refractivity contribution in [3.8, 4) is 11.4 Å². The number of aromatic nitrogens is 6. The smallest absolute Gasteiger partial charge is 0.308 e. The van der Waals surface area contributed by atoms with E-state index in [-0.39, 0.29) is 23.5 Å². The van der Waals surface area contributed by atoms with Gasteiger partial charge in [0.1, 0.15) is 17.1 Å². The van der Waals surface area contributed by atoms with Crippen LogP contribution in [0.4, 0.5) is 13.2 Å². The van der Waals surface area contributed by atoms with Gasteiger partial charge in [0.15, 0.2) is 0 Å². The molecule has 0 atom stereocenters. The van der Waals surface area contributed by atoms with Gasteiger partial charge in [-0.2, -0.15) is 18.0 Å². The van der Waals surface area contributed by atoms with Gasteiger partial charge in [-0.1, -0.05) is 12.1 Å². The lowest BCUT2D eigenvalue weighted by atomic mass is 10.1. The van der Waals surface area contributed by atoms with Gasteiger partial charge < -0.3 is 4.98 Å². The van der Waals surface area contributed by atoms with Crippen molar-refractivity contribution in [2.24, 2.45) is 0 Å². The monoisotopic (exact) mass is 378 g/mol. The van der Waals surface area contributed by atoms with E-state index in [0.29, 0.717) is 16.0 Å². The van der Waals surface area contributed by atoms with Crippen LogP contribution in [-0.2, 0) is 12.7 Å². The first kappa shape index (κ1) is 16.4. The number of nitrogens with zero attached hydrogens (tertiary/aromatic N) is 5. The maximum Gasteiger partial charge on any atom is 0.416 e. The van der Waals surface area contributed by atoms with E-state index in [1.165, 1.54) is 23.5 Å². The first-order valence-electron chi connectivity index (χ1n) is 7.32. The Hall–Kier alpha value is -3.08. The van der Waals surface area contributed by atoms with Gasteiger partial charge >= 0.3 is 6.18 Å². The van der Waals surface area contributed by atoms with Crippen molar-refractivity contribution in [3.63, 3.8) is 0 Å². The molecule has 1 N–H and O–H groups in total. The highest BCUT2D eigenvalue weighted by molar-refractivity contribution is 7.17. The maximum absolute atomic E-state index is 12.8. The number of H-pyrrole nitrogens is 1. The SMILES string of the molecule is O=c1[nH]c(Cn2nnc(-c3cccc(C(F)(F)F)c3)n2)nc2ccsc12. The number of rotatable bonds is 3. The molecule has 0 aliphatic carbocycles. The minimum absolute atomic E-state index is 0.0347. The fourth-order valence-electron chi connectivity index (χ4n) is 2.39. The zero-order valence-corrected chi connectivity index (χ0v) is 13.7. The second kappa shape index (κ2) is 6.02. The van der Waals surface area contributed by atoms with Crippen LogP contribution in [0.5, 0.6) is 0 Å². The molecule has 0 saturated heterocycles. The van der Waals surface area contributed by atoms with Crippen molar-refractivity contribution < 1.29 is 13.2 Å². The summed E-state index contributed by atoms with van der Waals surface area (Å²) in [4.78, 5) is 20.0. The molecule has 0 amide bonds. The number of thiophene rings is 1.